The summed E-state index contributed by atoms with van der Waals surface area (Å²) in [4.78, 5) is 26.1. The molecule has 4 aromatic carbocycles. The molecule has 2 aliphatic heterocycles. The molecule has 2 aliphatic rings. The zero-order valence-electron chi connectivity index (χ0n) is 22.4. The summed E-state index contributed by atoms with van der Waals surface area (Å²) < 4.78 is 12.8. The predicted molar refractivity (Wildman–Crippen MR) is 158 cm³/mol. The standard InChI is InChI=1S/C33H30N4O4/c38-32-25-15-7-9-17-29(25)40-21-27-28(22-41-30-18-10-8-16-26(30)33(39)35-20-19-34-32)37(24-13-5-2-6-14-24)36-31(27)23-11-3-1-4-12-23/h1-18,27-28H,19-22H2,(H,34,38)(H,35,39)/t27-,28+/m0/s1. The van der Waals surface area contributed by atoms with Gasteiger partial charge in [0.1, 0.15) is 18.1 Å². The van der Waals surface area contributed by atoms with Gasteiger partial charge >= 0.3 is 0 Å². The summed E-state index contributed by atoms with van der Waals surface area (Å²) in [5.41, 5.74) is 3.61. The molecule has 0 saturated heterocycles. The average Bonchev–Trinajstić information content (AvgIpc) is 3.39. The van der Waals surface area contributed by atoms with E-state index >= 15 is 0 Å². The van der Waals surface area contributed by atoms with Crippen LogP contribution in [0.3, 0.4) is 0 Å². The minimum Gasteiger partial charge on any atom is -0.492 e. The van der Waals surface area contributed by atoms with Crippen LogP contribution in [0.15, 0.2) is 114 Å². The number of nitrogens with zero attached hydrogens (tertiary/aromatic N) is 2. The maximum atomic E-state index is 13.1. The molecule has 0 radical (unpaired) electrons. The molecule has 0 fully saturated rings. The van der Waals surface area contributed by atoms with Gasteiger partial charge in [-0.1, -0.05) is 72.8 Å². The number of carbonyl (C=O) groups is 2. The number of hydrogen-bond donors (Lipinski definition) is 2. The molecule has 0 saturated carbocycles. The Bertz CT molecular complexity index is 1560. The van der Waals surface area contributed by atoms with Gasteiger partial charge in [0.05, 0.1) is 41.1 Å². The van der Waals surface area contributed by atoms with Crippen LogP contribution in [-0.2, 0) is 0 Å². The Hall–Kier alpha value is -5.11. The number of hydrazone groups is 1. The summed E-state index contributed by atoms with van der Waals surface area (Å²) in [5.74, 6) is 0.206. The smallest absolute Gasteiger partial charge is 0.255 e. The predicted octanol–water partition coefficient (Wildman–Crippen LogP) is 4.53. The van der Waals surface area contributed by atoms with E-state index in [4.69, 9.17) is 14.6 Å². The van der Waals surface area contributed by atoms with E-state index in [2.05, 4.69) is 10.6 Å². The molecule has 0 aliphatic carbocycles. The van der Waals surface area contributed by atoms with Gasteiger partial charge in [-0.3, -0.25) is 14.6 Å². The molecule has 206 valence electrons. The van der Waals surface area contributed by atoms with Crippen LogP contribution in [0.1, 0.15) is 26.3 Å². The van der Waals surface area contributed by atoms with Gasteiger partial charge in [-0.25, -0.2) is 0 Å². The fourth-order valence-electron chi connectivity index (χ4n) is 5.16. The third-order valence-electron chi connectivity index (χ3n) is 7.22. The molecule has 8 nitrogen and oxygen atoms in total. The Balaban J connectivity index is 1.42. The minimum absolute atomic E-state index is 0.220. The highest BCUT2D eigenvalue weighted by atomic mass is 16.5. The van der Waals surface area contributed by atoms with E-state index in [0.29, 0.717) is 22.6 Å². The maximum absolute atomic E-state index is 13.1. The van der Waals surface area contributed by atoms with Crippen LogP contribution >= 0.6 is 0 Å². The van der Waals surface area contributed by atoms with Crippen molar-refractivity contribution in [2.45, 2.75) is 6.04 Å². The molecule has 6 rings (SSSR count). The Morgan fingerprint density at radius 3 is 1.76 bits per heavy atom. The zero-order valence-corrected chi connectivity index (χ0v) is 22.4. The first-order valence-electron chi connectivity index (χ1n) is 13.7. The fraction of sp³-hybridized carbons (Fsp3) is 0.182. The molecule has 8 heteroatoms. The van der Waals surface area contributed by atoms with Gasteiger partial charge in [0.2, 0.25) is 0 Å². The maximum Gasteiger partial charge on any atom is 0.255 e. The number of rotatable bonds is 2. The monoisotopic (exact) mass is 546 g/mol. The Morgan fingerprint density at radius 2 is 1.15 bits per heavy atom. The van der Waals surface area contributed by atoms with Crippen LogP contribution in [-0.4, -0.2) is 49.9 Å². The van der Waals surface area contributed by atoms with E-state index in [1.54, 1.807) is 36.4 Å². The van der Waals surface area contributed by atoms with Crippen molar-refractivity contribution in [2.75, 3.05) is 31.3 Å². The van der Waals surface area contributed by atoms with Gasteiger partial charge < -0.3 is 20.1 Å². The average molecular weight is 547 g/mol. The number of nitrogens with one attached hydrogen (secondary N) is 2. The molecule has 0 spiro atoms. The molecular weight excluding hydrogens is 516 g/mol. The lowest BCUT2D eigenvalue weighted by atomic mass is 9.91. The van der Waals surface area contributed by atoms with Crippen molar-refractivity contribution in [2.24, 2.45) is 11.0 Å². The van der Waals surface area contributed by atoms with E-state index in [1.807, 2.05) is 77.8 Å². The van der Waals surface area contributed by atoms with E-state index in [1.165, 1.54) is 0 Å². The van der Waals surface area contributed by atoms with Gasteiger partial charge in [0, 0.05) is 13.1 Å². The summed E-state index contributed by atoms with van der Waals surface area (Å²) in [6.07, 6.45) is 0. The van der Waals surface area contributed by atoms with Crippen molar-refractivity contribution in [3.05, 3.63) is 126 Å². The van der Waals surface area contributed by atoms with Crippen molar-refractivity contribution < 1.29 is 19.1 Å². The van der Waals surface area contributed by atoms with Gasteiger partial charge in [-0.15, -0.1) is 0 Å². The number of anilines is 1. The Kier molecular flexibility index (Phi) is 7.62. The van der Waals surface area contributed by atoms with Crippen LogP contribution in [0, 0.1) is 5.92 Å². The van der Waals surface area contributed by atoms with Gasteiger partial charge in [0.15, 0.2) is 0 Å². The van der Waals surface area contributed by atoms with Crippen molar-refractivity contribution >= 4 is 23.2 Å². The van der Waals surface area contributed by atoms with Gasteiger partial charge in [-0.2, -0.15) is 5.10 Å². The van der Waals surface area contributed by atoms with E-state index < -0.39 is 0 Å². The highest BCUT2D eigenvalue weighted by molar-refractivity contribution is 6.05. The molecular formula is C33H30N4O4. The molecule has 2 N–H and O–H groups in total. The Morgan fingerprint density at radius 1 is 0.634 bits per heavy atom. The molecule has 0 unspecified atom stereocenters. The number of para-hydroxylation sites is 3. The third-order valence-corrected chi connectivity index (χ3v) is 7.22. The quantitative estimate of drug-likeness (QED) is 0.386. The summed E-state index contributed by atoms with van der Waals surface area (Å²) in [7, 11) is 0. The van der Waals surface area contributed by atoms with Crippen LogP contribution in [0.2, 0.25) is 0 Å². The normalized spacial score (nSPS) is 19.3. The summed E-state index contributed by atoms with van der Waals surface area (Å²) >= 11 is 0. The van der Waals surface area contributed by atoms with Crippen molar-refractivity contribution in [3.8, 4) is 11.5 Å². The SMILES string of the molecule is O=C1NCCNC(=O)c2ccccc2OC[C@@H]2[C@H](COc3ccccc31)C(c1ccccc1)=NN2c1ccccc1. The number of benzene rings is 4. The molecule has 4 aromatic rings. The highest BCUT2D eigenvalue weighted by Gasteiger charge is 2.40. The van der Waals surface area contributed by atoms with Crippen LogP contribution < -0.4 is 25.1 Å². The molecule has 0 aromatic heterocycles. The van der Waals surface area contributed by atoms with E-state index in [0.717, 1.165) is 17.0 Å². The first kappa shape index (κ1) is 26.1. The van der Waals surface area contributed by atoms with Gasteiger partial charge in [0.25, 0.3) is 11.8 Å². The Labute approximate surface area is 238 Å². The fourth-order valence-corrected chi connectivity index (χ4v) is 5.16. The summed E-state index contributed by atoms with van der Waals surface area (Å²) in [6.45, 7) is 1.04. The molecule has 41 heavy (non-hydrogen) atoms. The second kappa shape index (κ2) is 12.0. The first-order chi connectivity index (χ1) is 20.2. The highest BCUT2D eigenvalue weighted by Crippen LogP contribution is 2.33. The molecule has 2 amide bonds. The number of hydrogen-bond acceptors (Lipinski definition) is 6. The number of fused-ring (bicyclic) bond motifs is 3. The van der Waals surface area contributed by atoms with Crippen molar-refractivity contribution in [1.82, 2.24) is 10.6 Å². The summed E-state index contributed by atoms with van der Waals surface area (Å²) in [5, 5.41) is 12.8. The van der Waals surface area contributed by atoms with Crippen molar-refractivity contribution in [1.29, 1.82) is 0 Å². The lowest BCUT2D eigenvalue weighted by Crippen LogP contribution is -2.42. The minimum atomic E-state index is -0.269. The van der Waals surface area contributed by atoms with E-state index in [-0.39, 0.29) is 50.1 Å². The first-order valence-corrected chi connectivity index (χ1v) is 13.7. The lowest BCUT2D eigenvalue weighted by molar-refractivity contribution is 0.0921. The third kappa shape index (κ3) is 5.63. The number of amides is 2. The zero-order chi connectivity index (χ0) is 28.0. The molecule has 0 bridgehead atoms. The van der Waals surface area contributed by atoms with Gasteiger partial charge in [-0.05, 0) is 42.0 Å². The number of ether oxygens (including phenoxy) is 2. The second-order valence-electron chi connectivity index (χ2n) is 9.83. The molecule has 2 atom stereocenters. The van der Waals surface area contributed by atoms with Crippen LogP contribution in [0.4, 0.5) is 5.69 Å². The summed E-state index contributed by atoms with van der Waals surface area (Å²) in [6, 6.07) is 34.0. The van der Waals surface area contributed by atoms with Crippen LogP contribution in [0.5, 0.6) is 11.5 Å². The topological polar surface area (TPSA) is 92.3 Å². The number of carbonyl (C=O) groups excluding carboxylic acids is 2. The lowest BCUT2D eigenvalue weighted by Gasteiger charge is -2.29. The van der Waals surface area contributed by atoms with Crippen molar-refractivity contribution in [3.63, 3.8) is 0 Å². The largest absolute Gasteiger partial charge is 0.492 e. The molecule has 2 heterocycles. The second-order valence-corrected chi connectivity index (χ2v) is 9.83. The van der Waals surface area contributed by atoms with E-state index in [9.17, 15) is 9.59 Å². The van der Waals surface area contributed by atoms with Crippen LogP contribution in [0.25, 0.3) is 0 Å².